The zero-order valence-corrected chi connectivity index (χ0v) is 12.9. The Morgan fingerprint density at radius 1 is 1.33 bits per heavy atom. The molecule has 116 valence electrons. The molecule has 0 bridgehead atoms. The molecule has 2 heterocycles. The molecular formula is C15H25N5O. The van der Waals surface area contributed by atoms with Crippen LogP contribution in [0.1, 0.15) is 61.9 Å². The molecule has 21 heavy (non-hydrogen) atoms. The van der Waals surface area contributed by atoms with Crippen molar-refractivity contribution < 1.29 is 4.79 Å². The Hall–Kier alpha value is -1.43. The van der Waals surface area contributed by atoms with E-state index in [9.17, 15) is 4.79 Å². The highest BCUT2D eigenvalue weighted by Crippen LogP contribution is 2.30. The number of nitrogens with one attached hydrogen (secondary N) is 2. The van der Waals surface area contributed by atoms with Crippen LogP contribution in [0.4, 0.5) is 0 Å². The quantitative estimate of drug-likeness (QED) is 0.833. The molecule has 0 aromatic carbocycles. The van der Waals surface area contributed by atoms with Gasteiger partial charge in [0.1, 0.15) is 5.82 Å². The summed E-state index contributed by atoms with van der Waals surface area (Å²) in [5.41, 5.74) is 0. The standard InChI is InChI=1S/C15H25N5O/c1-10(2)13-17-14(19-18-13)15(21)20(8-11-5-6-11)9-12-4-3-7-16-12/h10-12,16H,3-9H2,1-2H3,(H,17,18,19). The van der Waals surface area contributed by atoms with Gasteiger partial charge in [-0.25, -0.2) is 4.98 Å². The first kappa shape index (κ1) is 14.5. The molecule has 1 aliphatic heterocycles. The van der Waals surface area contributed by atoms with Crippen LogP contribution >= 0.6 is 0 Å². The summed E-state index contributed by atoms with van der Waals surface area (Å²) >= 11 is 0. The number of H-pyrrole nitrogens is 1. The smallest absolute Gasteiger partial charge is 0.293 e. The van der Waals surface area contributed by atoms with E-state index in [4.69, 9.17) is 0 Å². The van der Waals surface area contributed by atoms with Crippen molar-refractivity contribution in [1.29, 1.82) is 0 Å². The number of nitrogens with zero attached hydrogens (tertiary/aromatic N) is 3. The lowest BCUT2D eigenvalue weighted by Crippen LogP contribution is -2.42. The maximum atomic E-state index is 12.7. The Bertz CT molecular complexity index is 488. The molecule has 6 heteroatoms. The van der Waals surface area contributed by atoms with Crippen LogP contribution in [0, 0.1) is 5.92 Å². The molecule has 3 rings (SSSR count). The lowest BCUT2D eigenvalue weighted by atomic mass is 10.2. The first-order valence-corrected chi connectivity index (χ1v) is 8.08. The number of aromatic nitrogens is 3. The van der Waals surface area contributed by atoms with Gasteiger partial charge in [0.25, 0.3) is 5.91 Å². The minimum atomic E-state index is -0.0289. The van der Waals surface area contributed by atoms with Crippen LogP contribution in [0.15, 0.2) is 0 Å². The minimum Gasteiger partial charge on any atom is -0.334 e. The number of carbonyl (C=O) groups is 1. The number of rotatable bonds is 6. The van der Waals surface area contributed by atoms with Crippen LogP contribution in [0.25, 0.3) is 0 Å². The van der Waals surface area contributed by atoms with E-state index in [0.29, 0.717) is 17.8 Å². The zero-order valence-electron chi connectivity index (χ0n) is 12.9. The van der Waals surface area contributed by atoms with Gasteiger partial charge in [-0.05, 0) is 38.1 Å². The summed E-state index contributed by atoms with van der Waals surface area (Å²) in [4.78, 5) is 19.0. The van der Waals surface area contributed by atoms with Crippen molar-refractivity contribution in [3.05, 3.63) is 11.6 Å². The van der Waals surface area contributed by atoms with E-state index in [1.807, 2.05) is 18.7 Å². The van der Waals surface area contributed by atoms with Crippen molar-refractivity contribution in [2.24, 2.45) is 5.92 Å². The molecule has 1 aliphatic carbocycles. The molecule has 2 aliphatic rings. The summed E-state index contributed by atoms with van der Waals surface area (Å²) in [5, 5.41) is 10.5. The van der Waals surface area contributed by atoms with Crippen molar-refractivity contribution in [2.75, 3.05) is 19.6 Å². The van der Waals surface area contributed by atoms with Crippen LogP contribution in [0.3, 0.4) is 0 Å². The molecule has 0 radical (unpaired) electrons. The van der Waals surface area contributed by atoms with Gasteiger partial charge in [0, 0.05) is 25.0 Å². The number of carbonyl (C=O) groups excluding carboxylic acids is 1. The summed E-state index contributed by atoms with van der Waals surface area (Å²) in [6.45, 7) is 6.77. The molecule has 1 unspecified atom stereocenters. The van der Waals surface area contributed by atoms with Gasteiger partial charge >= 0.3 is 0 Å². The normalized spacial score (nSPS) is 22.0. The van der Waals surface area contributed by atoms with Crippen LogP contribution in [0.5, 0.6) is 0 Å². The zero-order chi connectivity index (χ0) is 14.8. The average Bonchev–Trinajstić information content (AvgIpc) is 2.96. The molecular weight excluding hydrogens is 266 g/mol. The van der Waals surface area contributed by atoms with Gasteiger partial charge in [-0.1, -0.05) is 13.8 Å². The summed E-state index contributed by atoms with van der Waals surface area (Å²) in [5.74, 6) is 2.01. The van der Waals surface area contributed by atoms with Crippen molar-refractivity contribution in [3.8, 4) is 0 Å². The van der Waals surface area contributed by atoms with E-state index >= 15 is 0 Å². The molecule has 1 aromatic rings. The van der Waals surface area contributed by atoms with Crippen LogP contribution in [-0.2, 0) is 0 Å². The Kier molecular flexibility index (Phi) is 4.24. The van der Waals surface area contributed by atoms with Gasteiger partial charge < -0.3 is 10.2 Å². The van der Waals surface area contributed by atoms with E-state index in [2.05, 4.69) is 20.5 Å². The number of hydrogen-bond acceptors (Lipinski definition) is 4. The maximum Gasteiger partial charge on any atom is 0.293 e. The Morgan fingerprint density at radius 3 is 2.71 bits per heavy atom. The monoisotopic (exact) mass is 291 g/mol. The summed E-state index contributed by atoms with van der Waals surface area (Å²) in [6.07, 6.45) is 4.84. The van der Waals surface area contributed by atoms with Gasteiger partial charge in [0.15, 0.2) is 0 Å². The topological polar surface area (TPSA) is 73.9 Å². The van der Waals surface area contributed by atoms with E-state index in [0.717, 1.165) is 31.9 Å². The largest absolute Gasteiger partial charge is 0.334 e. The fourth-order valence-corrected chi connectivity index (χ4v) is 2.80. The fourth-order valence-electron chi connectivity index (χ4n) is 2.80. The van der Waals surface area contributed by atoms with Crippen LogP contribution in [0.2, 0.25) is 0 Å². The molecule has 1 atom stereocenters. The minimum absolute atomic E-state index is 0.0289. The second-order valence-corrected chi connectivity index (χ2v) is 6.65. The number of hydrogen-bond donors (Lipinski definition) is 2. The summed E-state index contributed by atoms with van der Waals surface area (Å²) in [7, 11) is 0. The Morgan fingerprint density at radius 2 is 2.14 bits per heavy atom. The molecule has 2 N–H and O–H groups in total. The average molecular weight is 291 g/mol. The Balaban J connectivity index is 1.68. The lowest BCUT2D eigenvalue weighted by Gasteiger charge is -2.24. The SMILES string of the molecule is CC(C)c1nc(C(=O)N(CC2CC2)CC2CCCN2)n[nH]1. The molecule has 1 saturated heterocycles. The van der Waals surface area contributed by atoms with Crippen LogP contribution < -0.4 is 5.32 Å². The predicted octanol–water partition coefficient (Wildman–Crippen LogP) is 1.53. The van der Waals surface area contributed by atoms with Crippen LogP contribution in [-0.4, -0.2) is 51.7 Å². The highest BCUT2D eigenvalue weighted by atomic mass is 16.2. The van der Waals surface area contributed by atoms with Crippen molar-refractivity contribution in [3.63, 3.8) is 0 Å². The van der Waals surface area contributed by atoms with E-state index in [1.165, 1.54) is 19.3 Å². The highest BCUT2D eigenvalue weighted by Gasteiger charge is 2.31. The van der Waals surface area contributed by atoms with Gasteiger partial charge in [-0.3, -0.25) is 9.89 Å². The number of aromatic amines is 1. The van der Waals surface area contributed by atoms with Crippen molar-refractivity contribution >= 4 is 5.91 Å². The highest BCUT2D eigenvalue weighted by molar-refractivity contribution is 5.90. The fraction of sp³-hybridized carbons (Fsp3) is 0.800. The van der Waals surface area contributed by atoms with Gasteiger partial charge in [0.2, 0.25) is 5.82 Å². The molecule has 2 fully saturated rings. The number of amides is 1. The maximum absolute atomic E-state index is 12.7. The molecule has 6 nitrogen and oxygen atoms in total. The van der Waals surface area contributed by atoms with Crippen molar-refractivity contribution in [2.45, 2.75) is 51.5 Å². The third-order valence-electron chi connectivity index (χ3n) is 4.31. The molecule has 1 aromatic heterocycles. The van der Waals surface area contributed by atoms with Crippen molar-refractivity contribution in [1.82, 2.24) is 25.4 Å². The van der Waals surface area contributed by atoms with E-state index in [-0.39, 0.29) is 11.8 Å². The second kappa shape index (κ2) is 6.13. The Labute approximate surface area is 125 Å². The van der Waals surface area contributed by atoms with Gasteiger partial charge in [-0.2, -0.15) is 0 Å². The lowest BCUT2D eigenvalue weighted by molar-refractivity contribution is 0.0721. The molecule has 1 saturated carbocycles. The molecule has 1 amide bonds. The first-order chi connectivity index (χ1) is 10.1. The van der Waals surface area contributed by atoms with Gasteiger partial charge in [-0.15, -0.1) is 5.10 Å². The van der Waals surface area contributed by atoms with E-state index in [1.54, 1.807) is 0 Å². The van der Waals surface area contributed by atoms with Gasteiger partial charge in [0.05, 0.1) is 0 Å². The third kappa shape index (κ3) is 3.61. The van der Waals surface area contributed by atoms with E-state index < -0.39 is 0 Å². The third-order valence-corrected chi connectivity index (χ3v) is 4.31. The predicted molar refractivity (Wildman–Crippen MR) is 80.1 cm³/mol. The first-order valence-electron chi connectivity index (χ1n) is 8.08. The molecule has 0 spiro atoms. The second-order valence-electron chi connectivity index (χ2n) is 6.65. The summed E-state index contributed by atoms with van der Waals surface area (Å²) in [6, 6.07) is 0.427. The summed E-state index contributed by atoms with van der Waals surface area (Å²) < 4.78 is 0.